The number of hydrogen-bond donors (Lipinski definition) is 2. The highest BCUT2D eigenvalue weighted by molar-refractivity contribution is 5.97. The van der Waals surface area contributed by atoms with Crippen LogP contribution in [0.2, 0.25) is 0 Å². The molecule has 0 fully saturated rings. The van der Waals surface area contributed by atoms with Gasteiger partial charge in [-0.25, -0.2) is 0 Å². The lowest BCUT2D eigenvalue weighted by atomic mass is 10.2. The second kappa shape index (κ2) is 4.11. The maximum atomic E-state index is 11.3. The molecule has 0 spiro atoms. The maximum Gasteiger partial charge on any atom is 0.320 e. The zero-order valence-corrected chi connectivity index (χ0v) is 9.21. The standard InChI is InChI=1S/C10H11NO6/c1-15-6-4-3-5-7(8(6)16-2)17-10(13)9(12)11(5)14/h3-4,10,13-14H,1-2H3. The van der Waals surface area contributed by atoms with Crippen molar-refractivity contribution in [1.82, 2.24) is 0 Å². The predicted molar refractivity (Wildman–Crippen MR) is 55.5 cm³/mol. The molecule has 0 aromatic heterocycles. The smallest absolute Gasteiger partial charge is 0.320 e. The van der Waals surface area contributed by atoms with Gasteiger partial charge in [0.1, 0.15) is 5.69 Å². The van der Waals surface area contributed by atoms with Gasteiger partial charge < -0.3 is 19.3 Å². The number of aliphatic hydroxyl groups is 1. The fourth-order valence-electron chi connectivity index (χ4n) is 1.55. The lowest BCUT2D eigenvalue weighted by molar-refractivity contribution is -0.148. The highest BCUT2D eigenvalue weighted by Gasteiger charge is 2.35. The first-order chi connectivity index (χ1) is 8.10. The third-order valence-electron chi connectivity index (χ3n) is 2.36. The Kier molecular flexibility index (Phi) is 2.78. The quantitative estimate of drug-likeness (QED) is 0.716. The molecule has 1 aromatic rings. The van der Waals surface area contributed by atoms with E-state index >= 15 is 0 Å². The average Bonchev–Trinajstić information content (AvgIpc) is 2.34. The van der Waals surface area contributed by atoms with Crippen LogP contribution < -0.4 is 19.3 Å². The van der Waals surface area contributed by atoms with Gasteiger partial charge in [0, 0.05) is 0 Å². The van der Waals surface area contributed by atoms with Gasteiger partial charge in [0.25, 0.3) is 6.29 Å². The summed E-state index contributed by atoms with van der Waals surface area (Å²) in [7, 11) is 2.82. The Balaban J connectivity index is 2.59. The summed E-state index contributed by atoms with van der Waals surface area (Å²) in [4.78, 5) is 11.3. The van der Waals surface area contributed by atoms with Gasteiger partial charge in [0.2, 0.25) is 5.75 Å². The molecule has 2 rings (SSSR count). The van der Waals surface area contributed by atoms with Crippen molar-refractivity contribution >= 4 is 11.6 Å². The monoisotopic (exact) mass is 241 g/mol. The van der Waals surface area contributed by atoms with Gasteiger partial charge in [0.15, 0.2) is 11.5 Å². The summed E-state index contributed by atoms with van der Waals surface area (Å²) in [6, 6.07) is 2.93. The number of amides is 1. The molecule has 2 N–H and O–H groups in total. The zero-order chi connectivity index (χ0) is 12.6. The number of rotatable bonds is 2. The van der Waals surface area contributed by atoms with E-state index < -0.39 is 12.2 Å². The topological polar surface area (TPSA) is 88.5 Å². The molecule has 92 valence electrons. The minimum atomic E-state index is -1.77. The first kappa shape index (κ1) is 11.5. The van der Waals surface area contributed by atoms with E-state index in [0.29, 0.717) is 10.8 Å². The minimum Gasteiger partial charge on any atom is -0.493 e. The highest BCUT2D eigenvalue weighted by atomic mass is 16.6. The molecule has 7 nitrogen and oxygen atoms in total. The SMILES string of the molecule is COc1ccc2c(c1OC)OC(O)C(=O)N2O. The van der Waals surface area contributed by atoms with Crippen molar-refractivity contribution < 1.29 is 29.3 Å². The summed E-state index contributed by atoms with van der Waals surface area (Å²) in [6.07, 6.45) is -1.77. The van der Waals surface area contributed by atoms with E-state index in [1.807, 2.05) is 0 Å². The van der Waals surface area contributed by atoms with Gasteiger partial charge in [-0.15, -0.1) is 0 Å². The first-order valence-electron chi connectivity index (χ1n) is 4.72. The number of methoxy groups -OCH3 is 2. The van der Waals surface area contributed by atoms with Crippen molar-refractivity contribution in [2.75, 3.05) is 19.3 Å². The van der Waals surface area contributed by atoms with E-state index in [2.05, 4.69) is 0 Å². The second-order valence-corrected chi connectivity index (χ2v) is 3.27. The summed E-state index contributed by atoms with van der Waals surface area (Å²) < 4.78 is 15.1. The fourth-order valence-corrected chi connectivity index (χ4v) is 1.55. The van der Waals surface area contributed by atoms with Gasteiger partial charge >= 0.3 is 5.91 Å². The molecular formula is C10H11NO6. The molecule has 1 aliphatic heterocycles. The fraction of sp³-hybridized carbons (Fsp3) is 0.300. The van der Waals surface area contributed by atoms with Crippen molar-refractivity contribution in [1.29, 1.82) is 0 Å². The number of aliphatic hydroxyl groups excluding tert-OH is 1. The zero-order valence-electron chi connectivity index (χ0n) is 9.21. The average molecular weight is 241 g/mol. The van der Waals surface area contributed by atoms with Crippen LogP contribution >= 0.6 is 0 Å². The number of carbonyl (C=O) groups is 1. The third kappa shape index (κ3) is 1.65. The summed E-state index contributed by atoms with van der Waals surface area (Å²) in [6.45, 7) is 0. The van der Waals surface area contributed by atoms with E-state index in [9.17, 15) is 15.1 Å². The largest absolute Gasteiger partial charge is 0.493 e. The number of anilines is 1. The second-order valence-electron chi connectivity index (χ2n) is 3.27. The van der Waals surface area contributed by atoms with Crippen molar-refractivity contribution in [3.05, 3.63) is 12.1 Å². The Bertz CT molecular complexity index is 460. The maximum absolute atomic E-state index is 11.3. The molecule has 1 unspecified atom stereocenters. The number of benzene rings is 1. The van der Waals surface area contributed by atoms with Gasteiger partial charge in [-0.3, -0.25) is 10.0 Å². The molecule has 1 amide bonds. The van der Waals surface area contributed by atoms with Crippen LogP contribution in [0.25, 0.3) is 0 Å². The number of fused-ring (bicyclic) bond motifs is 1. The lowest BCUT2D eigenvalue weighted by Crippen LogP contribution is -2.44. The van der Waals surface area contributed by atoms with E-state index in [1.165, 1.54) is 26.4 Å². The van der Waals surface area contributed by atoms with E-state index in [1.54, 1.807) is 0 Å². The Hall–Kier alpha value is -1.99. The Morgan fingerprint density at radius 1 is 1.35 bits per heavy atom. The van der Waals surface area contributed by atoms with Gasteiger partial charge in [-0.2, -0.15) is 5.06 Å². The molecular weight excluding hydrogens is 230 g/mol. The van der Waals surface area contributed by atoms with Crippen LogP contribution in [0.1, 0.15) is 0 Å². The number of carbonyl (C=O) groups excluding carboxylic acids is 1. The lowest BCUT2D eigenvalue weighted by Gasteiger charge is -2.28. The minimum absolute atomic E-state index is 0.0430. The molecule has 1 atom stereocenters. The first-order valence-corrected chi connectivity index (χ1v) is 4.72. The van der Waals surface area contributed by atoms with E-state index in [4.69, 9.17) is 14.2 Å². The highest BCUT2D eigenvalue weighted by Crippen LogP contribution is 2.46. The molecule has 0 aliphatic carbocycles. The molecule has 0 saturated carbocycles. The van der Waals surface area contributed by atoms with Crippen molar-refractivity contribution in [3.63, 3.8) is 0 Å². The van der Waals surface area contributed by atoms with Gasteiger partial charge in [0.05, 0.1) is 14.2 Å². The Morgan fingerprint density at radius 3 is 2.65 bits per heavy atom. The van der Waals surface area contributed by atoms with E-state index in [0.717, 1.165) is 0 Å². The van der Waals surface area contributed by atoms with Gasteiger partial charge in [-0.05, 0) is 12.1 Å². The normalized spacial score (nSPS) is 18.5. The van der Waals surface area contributed by atoms with Crippen molar-refractivity contribution in [2.45, 2.75) is 6.29 Å². The summed E-state index contributed by atoms with van der Waals surface area (Å²) in [5, 5.41) is 19.2. The molecule has 1 aliphatic rings. The van der Waals surface area contributed by atoms with Crippen LogP contribution in [0, 0.1) is 0 Å². The van der Waals surface area contributed by atoms with Crippen LogP contribution in [0.4, 0.5) is 5.69 Å². The number of hydrogen-bond acceptors (Lipinski definition) is 6. The molecule has 0 bridgehead atoms. The van der Waals surface area contributed by atoms with Crippen LogP contribution in [0.15, 0.2) is 12.1 Å². The third-order valence-corrected chi connectivity index (χ3v) is 2.36. The van der Waals surface area contributed by atoms with Crippen molar-refractivity contribution in [2.24, 2.45) is 0 Å². The van der Waals surface area contributed by atoms with E-state index in [-0.39, 0.29) is 17.2 Å². The number of nitrogens with zero attached hydrogens (tertiary/aromatic N) is 1. The number of hydroxylamine groups is 1. The summed E-state index contributed by atoms with van der Waals surface area (Å²) >= 11 is 0. The predicted octanol–water partition coefficient (Wildman–Crippen LogP) is 0.137. The Labute approximate surface area is 96.7 Å². The molecule has 1 heterocycles. The van der Waals surface area contributed by atoms with Crippen LogP contribution in [-0.4, -0.2) is 36.7 Å². The molecule has 7 heteroatoms. The number of ether oxygens (including phenoxy) is 3. The van der Waals surface area contributed by atoms with Crippen LogP contribution in [0.3, 0.4) is 0 Å². The van der Waals surface area contributed by atoms with Crippen molar-refractivity contribution in [3.8, 4) is 17.2 Å². The molecule has 1 aromatic carbocycles. The summed E-state index contributed by atoms with van der Waals surface area (Å²) in [5.41, 5.74) is 0.0814. The Morgan fingerprint density at radius 2 is 2.06 bits per heavy atom. The van der Waals surface area contributed by atoms with Gasteiger partial charge in [-0.1, -0.05) is 0 Å². The molecule has 17 heavy (non-hydrogen) atoms. The van der Waals surface area contributed by atoms with Crippen LogP contribution in [0.5, 0.6) is 17.2 Å². The summed E-state index contributed by atoms with van der Waals surface area (Å²) in [5.74, 6) is -0.372. The molecule has 0 saturated heterocycles. The van der Waals surface area contributed by atoms with Crippen LogP contribution in [-0.2, 0) is 4.79 Å². The molecule has 0 radical (unpaired) electrons.